The van der Waals surface area contributed by atoms with E-state index < -0.39 is 0 Å². The Morgan fingerprint density at radius 1 is 1.16 bits per heavy atom. The van der Waals surface area contributed by atoms with Crippen molar-refractivity contribution in [1.82, 2.24) is 15.5 Å². The van der Waals surface area contributed by atoms with Gasteiger partial charge in [-0.15, -0.1) is 0 Å². The first kappa shape index (κ1) is 21.5. The highest BCUT2D eigenvalue weighted by Crippen LogP contribution is 2.23. The second-order valence-electron chi connectivity index (χ2n) is 8.22. The van der Waals surface area contributed by atoms with Crippen LogP contribution in [0.25, 0.3) is 0 Å². The monoisotopic (exact) mass is 439 g/mol. The molecule has 0 radical (unpaired) electrons. The number of rotatable bonds is 6. The lowest BCUT2D eigenvalue weighted by molar-refractivity contribution is -0.128. The molecule has 4 rings (SSSR count). The minimum atomic E-state index is 0.261. The molecule has 2 N–H and O–H groups in total. The molecule has 7 heteroatoms. The van der Waals surface area contributed by atoms with Gasteiger partial charge in [-0.05, 0) is 42.2 Å². The van der Waals surface area contributed by atoms with E-state index in [9.17, 15) is 4.79 Å². The van der Waals surface area contributed by atoms with Gasteiger partial charge < -0.3 is 20.4 Å². The van der Waals surface area contributed by atoms with Gasteiger partial charge in [0.05, 0.1) is 0 Å². The van der Waals surface area contributed by atoms with E-state index >= 15 is 0 Å². The third-order valence-corrected chi connectivity index (χ3v) is 6.16. The maximum atomic E-state index is 11.9. The summed E-state index contributed by atoms with van der Waals surface area (Å²) >= 11 is 6.14. The number of benzene rings is 2. The third-order valence-electron chi connectivity index (χ3n) is 5.92. The van der Waals surface area contributed by atoms with Crippen LogP contribution in [-0.2, 0) is 17.9 Å². The van der Waals surface area contributed by atoms with Gasteiger partial charge in [0.1, 0.15) is 0 Å². The second kappa shape index (κ2) is 10.1. The molecule has 1 atom stereocenters. The Bertz CT molecular complexity index is 947. The number of amides is 1. The highest BCUT2D eigenvalue weighted by molar-refractivity contribution is 6.30. The summed E-state index contributed by atoms with van der Waals surface area (Å²) < 4.78 is 0. The number of guanidine groups is 1. The second-order valence-corrected chi connectivity index (χ2v) is 8.66. The summed E-state index contributed by atoms with van der Waals surface area (Å²) in [6.07, 6.45) is 2.70. The number of nitrogens with one attached hydrogen (secondary N) is 2. The van der Waals surface area contributed by atoms with Gasteiger partial charge in [-0.25, -0.2) is 0 Å². The van der Waals surface area contributed by atoms with Crippen molar-refractivity contribution in [3.63, 3.8) is 0 Å². The molecule has 2 aliphatic rings. The van der Waals surface area contributed by atoms with Crippen LogP contribution in [0.15, 0.2) is 53.5 Å². The fourth-order valence-corrected chi connectivity index (χ4v) is 4.47. The summed E-state index contributed by atoms with van der Waals surface area (Å²) in [4.78, 5) is 20.6. The van der Waals surface area contributed by atoms with E-state index in [1.165, 1.54) is 11.1 Å². The maximum Gasteiger partial charge on any atom is 0.222 e. The lowest BCUT2D eigenvalue weighted by Gasteiger charge is -2.21. The fraction of sp³-hybridized carbons (Fsp3) is 0.417. The van der Waals surface area contributed by atoms with Crippen molar-refractivity contribution in [2.24, 2.45) is 4.99 Å². The largest absolute Gasteiger partial charge is 0.369 e. The van der Waals surface area contributed by atoms with Crippen LogP contribution in [0.2, 0.25) is 5.02 Å². The number of hydrogen-bond donors (Lipinski definition) is 2. The Labute approximate surface area is 189 Å². The molecule has 164 valence electrons. The van der Waals surface area contributed by atoms with Gasteiger partial charge >= 0.3 is 0 Å². The van der Waals surface area contributed by atoms with Crippen molar-refractivity contribution in [2.75, 3.05) is 31.6 Å². The first-order chi connectivity index (χ1) is 15.1. The van der Waals surface area contributed by atoms with E-state index in [-0.39, 0.29) is 5.91 Å². The Hall–Kier alpha value is -2.73. The van der Waals surface area contributed by atoms with E-state index in [0.29, 0.717) is 25.6 Å². The van der Waals surface area contributed by atoms with Gasteiger partial charge in [0.25, 0.3) is 0 Å². The Balaban J connectivity index is 1.28. The smallest absolute Gasteiger partial charge is 0.222 e. The molecule has 2 aliphatic heterocycles. The molecule has 6 nitrogen and oxygen atoms in total. The third kappa shape index (κ3) is 5.70. The van der Waals surface area contributed by atoms with Gasteiger partial charge in [0, 0.05) is 62.9 Å². The topological polar surface area (TPSA) is 60.0 Å². The minimum absolute atomic E-state index is 0.261. The molecule has 0 bridgehead atoms. The van der Waals surface area contributed by atoms with Crippen LogP contribution >= 0.6 is 11.6 Å². The van der Waals surface area contributed by atoms with Crippen molar-refractivity contribution >= 4 is 29.2 Å². The summed E-state index contributed by atoms with van der Waals surface area (Å²) in [5, 5.41) is 7.73. The zero-order chi connectivity index (χ0) is 21.6. The van der Waals surface area contributed by atoms with E-state index in [0.717, 1.165) is 49.1 Å². The van der Waals surface area contributed by atoms with Crippen LogP contribution < -0.4 is 15.5 Å². The van der Waals surface area contributed by atoms with Crippen LogP contribution in [0.3, 0.4) is 0 Å². The summed E-state index contributed by atoms with van der Waals surface area (Å²) in [7, 11) is 1.80. The molecule has 0 spiro atoms. The average Bonchev–Trinajstić information content (AvgIpc) is 3.40. The number of carbonyl (C=O) groups excluding carboxylic acids is 1. The van der Waals surface area contributed by atoms with Crippen LogP contribution in [0.4, 0.5) is 5.69 Å². The van der Waals surface area contributed by atoms with Gasteiger partial charge in [0.15, 0.2) is 5.96 Å². The zero-order valence-electron chi connectivity index (χ0n) is 18.0. The molecule has 2 heterocycles. The first-order valence-electron chi connectivity index (χ1n) is 10.9. The van der Waals surface area contributed by atoms with Crippen LogP contribution in [0.1, 0.15) is 30.4 Å². The number of anilines is 1. The maximum absolute atomic E-state index is 11.9. The normalized spacial score (nSPS) is 19.2. The molecule has 0 aliphatic carbocycles. The van der Waals surface area contributed by atoms with Crippen molar-refractivity contribution in [1.29, 1.82) is 0 Å². The Kier molecular flexibility index (Phi) is 6.97. The predicted octanol–water partition coefficient (Wildman–Crippen LogP) is 3.41. The van der Waals surface area contributed by atoms with Crippen LogP contribution in [0, 0.1) is 0 Å². The SMILES string of the molecule is CN=C(NCc1cccc(CN2CCCC2=O)c1)NC1CCN(c2cccc(Cl)c2)C1. The number of nitrogens with zero attached hydrogens (tertiary/aromatic N) is 3. The van der Waals surface area contributed by atoms with Crippen LogP contribution in [0.5, 0.6) is 0 Å². The van der Waals surface area contributed by atoms with Gasteiger partial charge in [-0.3, -0.25) is 9.79 Å². The van der Waals surface area contributed by atoms with Gasteiger partial charge in [0.2, 0.25) is 5.91 Å². The number of likely N-dealkylation sites (tertiary alicyclic amines) is 1. The summed E-state index contributed by atoms with van der Waals surface area (Å²) in [6, 6.07) is 16.8. The number of carbonyl (C=O) groups is 1. The lowest BCUT2D eigenvalue weighted by atomic mass is 10.1. The molecular weight excluding hydrogens is 410 g/mol. The van der Waals surface area contributed by atoms with E-state index in [1.807, 2.05) is 23.1 Å². The standard InChI is InChI=1S/C24H30ClN5O/c1-26-24(28-21-10-12-29(17-21)22-8-3-7-20(25)14-22)27-15-18-5-2-6-19(13-18)16-30-11-4-9-23(30)31/h2-3,5-8,13-14,21H,4,9-12,15-17H2,1H3,(H2,26,27,28). The number of hydrogen-bond acceptors (Lipinski definition) is 3. The lowest BCUT2D eigenvalue weighted by Crippen LogP contribution is -2.44. The molecule has 1 amide bonds. The van der Waals surface area contributed by atoms with E-state index in [2.05, 4.69) is 50.9 Å². The van der Waals surface area contributed by atoms with Gasteiger partial charge in [-0.2, -0.15) is 0 Å². The molecule has 2 aromatic carbocycles. The molecule has 31 heavy (non-hydrogen) atoms. The molecule has 0 aromatic heterocycles. The highest BCUT2D eigenvalue weighted by Gasteiger charge is 2.23. The zero-order valence-corrected chi connectivity index (χ0v) is 18.7. The summed E-state index contributed by atoms with van der Waals surface area (Å²) in [6.45, 7) is 4.16. The quantitative estimate of drug-likeness (QED) is 0.535. The van der Waals surface area contributed by atoms with Crippen molar-refractivity contribution in [2.45, 2.75) is 38.4 Å². The fourth-order valence-electron chi connectivity index (χ4n) is 4.29. The number of aliphatic imine (C=N–C) groups is 1. The Morgan fingerprint density at radius 2 is 2.00 bits per heavy atom. The molecular formula is C24H30ClN5O. The average molecular weight is 440 g/mol. The summed E-state index contributed by atoms with van der Waals surface area (Å²) in [5.41, 5.74) is 3.51. The van der Waals surface area contributed by atoms with E-state index in [1.54, 1.807) is 7.05 Å². The molecule has 1 unspecified atom stereocenters. The van der Waals surface area contributed by atoms with Crippen molar-refractivity contribution in [3.8, 4) is 0 Å². The Morgan fingerprint density at radius 3 is 2.77 bits per heavy atom. The van der Waals surface area contributed by atoms with Crippen molar-refractivity contribution in [3.05, 3.63) is 64.7 Å². The number of halogens is 1. The molecule has 0 saturated carbocycles. The highest BCUT2D eigenvalue weighted by atomic mass is 35.5. The molecule has 2 saturated heterocycles. The molecule has 2 fully saturated rings. The van der Waals surface area contributed by atoms with Crippen LogP contribution in [-0.4, -0.2) is 49.5 Å². The minimum Gasteiger partial charge on any atom is -0.369 e. The summed E-state index contributed by atoms with van der Waals surface area (Å²) in [5.74, 6) is 1.06. The molecule has 2 aromatic rings. The first-order valence-corrected chi connectivity index (χ1v) is 11.3. The predicted molar refractivity (Wildman–Crippen MR) is 126 cm³/mol. The van der Waals surface area contributed by atoms with Gasteiger partial charge in [-0.1, -0.05) is 41.9 Å². The van der Waals surface area contributed by atoms with Crippen molar-refractivity contribution < 1.29 is 4.79 Å². The van der Waals surface area contributed by atoms with E-state index in [4.69, 9.17) is 11.6 Å².